The third-order valence-corrected chi connectivity index (χ3v) is 25.8. The molecule has 0 aromatic heterocycles. The van der Waals surface area contributed by atoms with Gasteiger partial charge in [0.05, 0.1) is 0 Å². The zero-order chi connectivity index (χ0) is 27.2. The fourth-order valence-electron chi connectivity index (χ4n) is 5.44. The van der Waals surface area contributed by atoms with E-state index in [9.17, 15) is 0 Å². The van der Waals surface area contributed by atoms with Crippen molar-refractivity contribution < 1.29 is 4.43 Å². The Labute approximate surface area is 234 Å². The topological polar surface area (TPSA) is 9.23 Å². The van der Waals surface area contributed by atoms with Crippen molar-refractivity contribution in [3.63, 3.8) is 0 Å². The average Bonchev–Trinajstić information content (AvgIpc) is 2.90. The van der Waals surface area contributed by atoms with Crippen LogP contribution in [0.2, 0.25) is 18.3 Å². The van der Waals surface area contributed by atoms with E-state index in [0.717, 1.165) is 0 Å². The van der Waals surface area contributed by atoms with Gasteiger partial charge in [0.2, 0.25) is 0 Å². The molecule has 0 fully saturated rings. The number of benzene rings is 2. The fraction of sp³-hybridized carbons (Fsp3) is 0.529. The van der Waals surface area contributed by atoms with E-state index in [0.29, 0.717) is 6.61 Å². The van der Waals surface area contributed by atoms with Gasteiger partial charge in [-0.3, -0.25) is 0 Å². The summed E-state index contributed by atoms with van der Waals surface area (Å²) in [6.07, 6.45) is 10.2. The summed E-state index contributed by atoms with van der Waals surface area (Å²) in [7, 11) is -2.51. The van der Waals surface area contributed by atoms with Crippen molar-refractivity contribution in [3.05, 3.63) is 72.3 Å². The Balaban J connectivity index is 2.38. The molecule has 2 aromatic rings. The summed E-state index contributed by atoms with van der Waals surface area (Å²) >= 11 is -2.45. The molecule has 0 spiro atoms. The van der Waals surface area contributed by atoms with Crippen LogP contribution in [0.1, 0.15) is 87.0 Å². The normalized spacial score (nSPS) is 12.8. The molecule has 2 aromatic carbocycles. The number of hydrogen-bond acceptors (Lipinski definition) is 1. The molecular formula is C34H52OSiSn. The molecule has 0 aliphatic rings. The minimum atomic E-state index is -2.51. The number of rotatable bonds is 14. The van der Waals surface area contributed by atoms with Gasteiger partial charge >= 0.3 is 236 Å². The van der Waals surface area contributed by atoms with Gasteiger partial charge in [-0.05, 0) is 0 Å². The molecule has 2 rings (SSSR count). The van der Waals surface area contributed by atoms with Crippen molar-refractivity contribution in [2.75, 3.05) is 6.61 Å². The maximum absolute atomic E-state index is 7.08. The first kappa shape index (κ1) is 31.9. The molecule has 0 radical (unpaired) electrons. The van der Waals surface area contributed by atoms with Crippen LogP contribution in [-0.4, -0.2) is 33.3 Å². The Morgan fingerprint density at radius 3 is 1.59 bits per heavy atom. The van der Waals surface area contributed by atoms with Crippen LogP contribution >= 0.6 is 0 Å². The molecule has 0 heterocycles. The number of unbranched alkanes of at least 4 members (excludes halogenated alkanes) is 3. The van der Waals surface area contributed by atoms with Gasteiger partial charge in [-0.1, -0.05) is 0 Å². The summed E-state index contributed by atoms with van der Waals surface area (Å²) in [5, 5.41) is 2.66. The molecule has 1 nitrogen and oxygen atoms in total. The van der Waals surface area contributed by atoms with Crippen LogP contribution in [0.5, 0.6) is 0 Å². The van der Waals surface area contributed by atoms with Crippen LogP contribution < -0.4 is 10.4 Å². The van der Waals surface area contributed by atoms with E-state index in [2.05, 4.69) is 125 Å². The Morgan fingerprint density at radius 1 is 0.784 bits per heavy atom. The van der Waals surface area contributed by atoms with Gasteiger partial charge in [-0.25, -0.2) is 0 Å². The molecule has 3 heteroatoms. The van der Waals surface area contributed by atoms with Crippen LogP contribution in [0.3, 0.4) is 0 Å². The van der Waals surface area contributed by atoms with Crippen molar-refractivity contribution in [1.82, 2.24) is 0 Å². The third-order valence-electron chi connectivity index (χ3n) is 7.66. The summed E-state index contributed by atoms with van der Waals surface area (Å²) in [6, 6.07) is 21.9. The Hall–Kier alpha value is -1.28. The molecule has 0 saturated carbocycles. The second-order valence-electron chi connectivity index (χ2n) is 11.7. The quantitative estimate of drug-likeness (QED) is 0.151. The molecule has 0 atom stereocenters. The molecule has 0 aliphatic carbocycles. The molecule has 0 unspecified atom stereocenters. The monoisotopic (exact) mass is 624 g/mol. The first-order valence-corrected chi connectivity index (χ1v) is 24.1. The van der Waals surface area contributed by atoms with E-state index in [1.807, 2.05) is 0 Å². The van der Waals surface area contributed by atoms with E-state index < -0.39 is 26.7 Å². The van der Waals surface area contributed by atoms with E-state index in [-0.39, 0.29) is 5.04 Å². The van der Waals surface area contributed by atoms with Gasteiger partial charge in [0.1, 0.15) is 0 Å². The van der Waals surface area contributed by atoms with E-state index in [4.69, 9.17) is 4.43 Å². The molecule has 0 N–H and O–H groups in total. The van der Waals surface area contributed by atoms with E-state index >= 15 is 0 Å². The predicted molar refractivity (Wildman–Crippen MR) is 170 cm³/mol. The Bertz CT molecular complexity index is 934. The fourth-order valence-corrected chi connectivity index (χ4v) is 23.3. The molecular weight excluding hydrogens is 571 g/mol. The van der Waals surface area contributed by atoms with Gasteiger partial charge in [-0.2, -0.15) is 0 Å². The van der Waals surface area contributed by atoms with Crippen molar-refractivity contribution >= 4 is 37.1 Å². The van der Waals surface area contributed by atoms with Crippen molar-refractivity contribution in [1.29, 1.82) is 0 Å². The average molecular weight is 624 g/mol. The van der Waals surface area contributed by atoms with Crippen LogP contribution in [0, 0.1) is 9.86 Å². The van der Waals surface area contributed by atoms with E-state index in [1.165, 1.54) is 67.8 Å². The SMILES string of the molecule is CCC[CH2][Sn]([C]#C/C(C)=C/CO[Si](c1ccccc1)(c1ccccc1)C(C)(C)C)([CH2]CCC)[CH2]CCC. The molecule has 37 heavy (non-hydrogen) atoms. The number of hydrogen-bond donors (Lipinski definition) is 0. The van der Waals surface area contributed by atoms with Crippen LogP contribution in [0.15, 0.2) is 72.3 Å². The maximum atomic E-state index is 7.08. The van der Waals surface area contributed by atoms with Crippen LogP contribution in [-0.2, 0) is 4.43 Å². The zero-order valence-electron chi connectivity index (χ0n) is 24.8. The first-order chi connectivity index (χ1) is 17.7. The van der Waals surface area contributed by atoms with Gasteiger partial charge in [-0.15, -0.1) is 0 Å². The van der Waals surface area contributed by atoms with Gasteiger partial charge < -0.3 is 0 Å². The molecule has 0 saturated heterocycles. The van der Waals surface area contributed by atoms with E-state index in [1.54, 1.807) is 0 Å². The minimum absolute atomic E-state index is 0.00477. The van der Waals surface area contributed by atoms with Crippen molar-refractivity contribution in [2.45, 2.75) is 105 Å². The molecule has 202 valence electrons. The summed E-state index contributed by atoms with van der Waals surface area (Å²) in [4.78, 5) is 0. The van der Waals surface area contributed by atoms with Gasteiger partial charge in [0.15, 0.2) is 0 Å². The second kappa shape index (κ2) is 16.0. The summed E-state index contributed by atoms with van der Waals surface area (Å²) in [5.41, 5.74) is 1.18. The van der Waals surface area contributed by atoms with Crippen molar-refractivity contribution in [3.8, 4) is 9.86 Å². The summed E-state index contributed by atoms with van der Waals surface area (Å²) < 4.78 is 15.4. The first-order valence-electron chi connectivity index (χ1n) is 14.7. The number of allylic oxidation sites excluding steroid dienone is 1. The molecule has 0 amide bonds. The van der Waals surface area contributed by atoms with Gasteiger partial charge in [0.25, 0.3) is 0 Å². The summed E-state index contributed by atoms with van der Waals surface area (Å²) in [6.45, 7) is 16.8. The summed E-state index contributed by atoms with van der Waals surface area (Å²) in [5.74, 6) is 3.69. The Kier molecular flexibility index (Phi) is 13.8. The Morgan fingerprint density at radius 2 is 1.22 bits per heavy atom. The zero-order valence-corrected chi connectivity index (χ0v) is 28.7. The molecule has 0 bridgehead atoms. The third kappa shape index (κ3) is 9.15. The van der Waals surface area contributed by atoms with Gasteiger partial charge in [0, 0.05) is 0 Å². The molecule has 0 aliphatic heterocycles. The standard InChI is InChI=1S/C22H25OSi.3C4H9.Sn/c1-6-19(2)17-18-23-24(22(3,4)5,20-13-9-7-10-14-20)21-15-11-8-12-16-21;3*1-3-4-2;/h7-17H,18H2,2-5H3;3*1,3-4H2,2H3;/b19-17+;;;;. The van der Waals surface area contributed by atoms with Crippen molar-refractivity contribution in [2.24, 2.45) is 0 Å². The predicted octanol–water partition coefficient (Wildman–Crippen LogP) is 8.90. The second-order valence-corrected chi connectivity index (χ2v) is 28.3. The van der Waals surface area contributed by atoms with Crippen LogP contribution in [0.4, 0.5) is 0 Å². The van der Waals surface area contributed by atoms with Crippen LogP contribution in [0.25, 0.3) is 0 Å².